The van der Waals surface area contributed by atoms with Crippen LogP contribution in [0.3, 0.4) is 0 Å². The predicted octanol–water partition coefficient (Wildman–Crippen LogP) is 2.19. The molecule has 1 aromatic carbocycles. The highest BCUT2D eigenvalue weighted by Gasteiger charge is 2.17. The molecule has 2 aromatic rings. The SMILES string of the molecule is O=C(O)CSc1nnc(CO)n1-c1ccc(I)cc1Cl. The molecule has 6 nitrogen and oxygen atoms in total. The minimum Gasteiger partial charge on any atom is -0.481 e. The summed E-state index contributed by atoms with van der Waals surface area (Å²) in [6, 6.07) is 5.40. The monoisotopic (exact) mass is 425 g/mol. The van der Waals surface area contributed by atoms with Crippen LogP contribution in [-0.4, -0.2) is 36.7 Å². The van der Waals surface area contributed by atoms with Gasteiger partial charge in [-0.3, -0.25) is 9.36 Å². The maximum Gasteiger partial charge on any atom is 0.313 e. The molecule has 0 radical (unpaired) electrons. The zero-order chi connectivity index (χ0) is 14.7. The Hall–Kier alpha value is -0.840. The first-order chi connectivity index (χ1) is 9.52. The van der Waals surface area contributed by atoms with Crippen LogP contribution < -0.4 is 0 Å². The van der Waals surface area contributed by atoms with E-state index in [0.29, 0.717) is 21.7 Å². The quantitative estimate of drug-likeness (QED) is 0.564. The Bertz CT molecular complexity index is 650. The van der Waals surface area contributed by atoms with Crippen molar-refractivity contribution in [3.05, 3.63) is 32.6 Å². The summed E-state index contributed by atoms with van der Waals surface area (Å²) in [4.78, 5) is 10.7. The van der Waals surface area contributed by atoms with Crippen LogP contribution in [0.25, 0.3) is 5.69 Å². The van der Waals surface area contributed by atoms with E-state index in [1.165, 1.54) is 0 Å². The van der Waals surface area contributed by atoms with Crippen molar-refractivity contribution in [2.45, 2.75) is 11.8 Å². The van der Waals surface area contributed by atoms with E-state index in [1.807, 2.05) is 6.07 Å². The van der Waals surface area contributed by atoms with Gasteiger partial charge in [-0.15, -0.1) is 10.2 Å². The van der Waals surface area contributed by atoms with Crippen molar-refractivity contribution in [3.63, 3.8) is 0 Å². The number of carboxylic acids is 1. The van der Waals surface area contributed by atoms with Gasteiger partial charge in [0.15, 0.2) is 11.0 Å². The highest BCUT2D eigenvalue weighted by atomic mass is 127. The fraction of sp³-hybridized carbons (Fsp3) is 0.182. The molecule has 0 fully saturated rings. The number of hydrogen-bond acceptors (Lipinski definition) is 5. The number of aliphatic hydroxyl groups excluding tert-OH is 1. The van der Waals surface area contributed by atoms with Crippen LogP contribution in [0.1, 0.15) is 5.82 Å². The lowest BCUT2D eigenvalue weighted by molar-refractivity contribution is -0.133. The molecule has 0 bridgehead atoms. The summed E-state index contributed by atoms with van der Waals surface area (Å²) < 4.78 is 2.53. The van der Waals surface area contributed by atoms with Gasteiger partial charge in [-0.25, -0.2) is 0 Å². The maximum absolute atomic E-state index is 10.7. The number of aliphatic carboxylic acids is 1. The largest absolute Gasteiger partial charge is 0.481 e. The van der Waals surface area contributed by atoms with E-state index in [-0.39, 0.29) is 12.4 Å². The smallest absolute Gasteiger partial charge is 0.313 e. The Morgan fingerprint density at radius 3 is 2.80 bits per heavy atom. The molecule has 2 N–H and O–H groups in total. The third-order valence-electron chi connectivity index (χ3n) is 2.32. The third-order valence-corrected chi connectivity index (χ3v) is 4.20. The molecule has 0 unspecified atom stereocenters. The lowest BCUT2D eigenvalue weighted by Gasteiger charge is -2.10. The van der Waals surface area contributed by atoms with E-state index in [4.69, 9.17) is 16.7 Å². The van der Waals surface area contributed by atoms with Gasteiger partial charge in [0.1, 0.15) is 6.61 Å². The topological polar surface area (TPSA) is 88.2 Å². The summed E-state index contributed by atoms with van der Waals surface area (Å²) >= 11 is 9.35. The predicted molar refractivity (Wildman–Crippen MR) is 83.4 cm³/mol. The number of thioether (sulfide) groups is 1. The van der Waals surface area contributed by atoms with E-state index in [0.717, 1.165) is 15.3 Å². The molecule has 20 heavy (non-hydrogen) atoms. The number of rotatable bonds is 5. The van der Waals surface area contributed by atoms with E-state index in [2.05, 4.69) is 32.8 Å². The minimum atomic E-state index is -0.955. The van der Waals surface area contributed by atoms with Crippen molar-refractivity contribution in [1.82, 2.24) is 14.8 Å². The Labute approximate surface area is 137 Å². The summed E-state index contributed by atoms with van der Waals surface area (Å²) in [5, 5.41) is 26.6. The summed E-state index contributed by atoms with van der Waals surface area (Å²) in [5.41, 5.74) is 0.606. The second-order valence-electron chi connectivity index (χ2n) is 3.67. The van der Waals surface area contributed by atoms with Gasteiger partial charge in [0.2, 0.25) is 0 Å². The zero-order valence-corrected chi connectivity index (χ0v) is 13.7. The molecular formula is C11H9ClIN3O3S. The molecule has 0 spiro atoms. The maximum atomic E-state index is 10.7. The van der Waals surface area contributed by atoms with E-state index in [1.54, 1.807) is 16.7 Å². The highest BCUT2D eigenvalue weighted by Crippen LogP contribution is 2.28. The first-order valence-corrected chi connectivity index (χ1v) is 7.82. The fourth-order valence-corrected chi connectivity index (χ4v) is 3.15. The number of benzene rings is 1. The lowest BCUT2D eigenvalue weighted by Crippen LogP contribution is -2.05. The first kappa shape index (κ1) is 15.5. The van der Waals surface area contributed by atoms with Crippen LogP contribution in [0.15, 0.2) is 23.4 Å². The molecule has 0 saturated heterocycles. The van der Waals surface area contributed by atoms with Crippen molar-refractivity contribution in [3.8, 4) is 5.69 Å². The molecule has 2 rings (SSSR count). The lowest BCUT2D eigenvalue weighted by atomic mass is 10.3. The van der Waals surface area contributed by atoms with Gasteiger partial charge in [0.05, 0.1) is 16.5 Å². The number of carboxylic acid groups (broad SMARTS) is 1. The number of aromatic nitrogens is 3. The molecule has 0 saturated carbocycles. The molecule has 106 valence electrons. The second kappa shape index (κ2) is 6.74. The minimum absolute atomic E-state index is 0.147. The first-order valence-electron chi connectivity index (χ1n) is 5.38. The average Bonchev–Trinajstić information content (AvgIpc) is 2.79. The second-order valence-corrected chi connectivity index (χ2v) is 6.27. The van der Waals surface area contributed by atoms with Crippen LogP contribution in [0, 0.1) is 3.57 Å². The van der Waals surface area contributed by atoms with Gasteiger partial charge in [-0.05, 0) is 40.8 Å². The van der Waals surface area contributed by atoms with Crippen molar-refractivity contribution in [1.29, 1.82) is 0 Å². The number of carbonyl (C=O) groups is 1. The van der Waals surface area contributed by atoms with Crippen molar-refractivity contribution in [2.24, 2.45) is 0 Å². The zero-order valence-electron chi connectivity index (χ0n) is 9.95. The van der Waals surface area contributed by atoms with Crippen molar-refractivity contribution in [2.75, 3.05) is 5.75 Å². The number of halogens is 2. The standard InChI is InChI=1S/C11H9ClIN3O3S/c12-7-3-6(13)1-2-8(7)16-9(4-17)14-15-11(16)20-5-10(18)19/h1-3,17H,4-5H2,(H,18,19). The Kier molecular flexibility index (Phi) is 5.24. The number of aliphatic hydroxyl groups is 1. The van der Waals surface area contributed by atoms with E-state index in [9.17, 15) is 9.90 Å². The Morgan fingerprint density at radius 1 is 1.45 bits per heavy atom. The van der Waals surface area contributed by atoms with Gasteiger partial charge in [-0.1, -0.05) is 23.4 Å². The average molecular weight is 426 g/mol. The summed E-state index contributed by atoms with van der Waals surface area (Å²) in [5.74, 6) is -0.796. The van der Waals surface area contributed by atoms with Crippen LogP contribution in [0.5, 0.6) is 0 Å². The van der Waals surface area contributed by atoms with Gasteiger partial charge >= 0.3 is 5.97 Å². The molecule has 0 aliphatic carbocycles. The summed E-state index contributed by atoms with van der Waals surface area (Å²) in [6.45, 7) is -0.317. The van der Waals surface area contributed by atoms with Crippen LogP contribution >= 0.6 is 46.0 Å². The van der Waals surface area contributed by atoms with Crippen LogP contribution in [0.4, 0.5) is 0 Å². The number of nitrogens with zero attached hydrogens (tertiary/aromatic N) is 3. The molecule has 9 heteroatoms. The summed E-state index contributed by atoms with van der Waals surface area (Å²) in [7, 11) is 0. The molecule has 0 amide bonds. The fourth-order valence-electron chi connectivity index (χ4n) is 1.53. The molecule has 0 aliphatic rings. The summed E-state index contributed by atoms with van der Waals surface area (Å²) in [6.07, 6.45) is 0. The Morgan fingerprint density at radius 2 is 2.20 bits per heavy atom. The molecular weight excluding hydrogens is 417 g/mol. The number of hydrogen-bond donors (Lipinski definition) is 2. The van der Waals surface area contributed by atoms with E-state index < -0.39 is 5.97 Å². The Balaban J connectivity index is 2.47. The van der Waals surface area contributed by atoms with Crippen LogP contribution in [-0.2, 0) is 11.4 Å². The molecule has 0 atom stereocenters. The molecule has 0 aliphatic heterocycles. The van der Waals surface area contributed by atoms with Crippen LogP contribution in [0.2, 0.25) is 5.02 Å². The third kappa shape index (κ3) is 3.43. The van der Waals surface area contributed by atoms with Gasteiger partial charge in [-0.2, -0.15) is 0 Å². The molecule has 1 heterocycles. The normalized spacial score (nSPS) is 10.8. The van der Waals surface area contributed by atoms with Gasteiger partial charge < -0.3 is 10.2 Å². The van der Waals surface area contributed by atoms with Crippen molar-refractivity contribution < 1.29 is 15.0 Å². The van der Waals surface area contributed by atoms with Gasteiger partial charge in [0.25, 0.3) is 0 Å². The molecule has 1 aromatic heterocycles. The highest BCUT2D eigenvalue weighted by molar-refractivity contribution is 14.1. The van der Waals surface area contributed by atoms with E-state index >= 15 is 0 Å². The van der Waals surface area contributed by atoms with Gasteiger partial charge in [0, 0.05) is 3.57 Å². The van der Waals surface area contributed by atoms with Crippen molar-refractivity contribution >= 4 is 51.9 Å².